The van der Waals surface area contributed by atoms with Crippen LogP contribution in [0.1, 0.15) is 10.7 Å². The van der Waals surface area contributed by atoms with Gasteiger partial charge in [-0.15, -0.1) is 16.8 Å². The third-order valence-electron chi connectivity index (χ3n) is 3.87. The van der Waals surface area contributed by atoms with Gasteiger partial charge in [-0.2, -0.15) is 9.61 Å². The fraction of sp³-hybridized carbons (Fsp3) is 0.167. The van der Waals surface area contributed by atoms with Gasteiger partial charge in [-0.1, -0.05) is 29.2 Å². The summed E-state index contributed by atoms with van der Waals surface area (Å²) in [6.45, 7) is 6.09. The van der Waals surface area contributed by atoms with E-state index in [9.17, 15) is 9.18 Å². The molecule has 10 heteroatoms. The lowest BCUT2D eigenvalue weighted by Crippen LogP contribution is -2.14. The first-order chi connectivity index (χ1) is 13.5. The van der Waals surface area contributed by atoms with E-state index in [0.29, 0.717) is 33.9 Å². The van der Waals surface area contributed by atoms with Crippen molar-refractivity contribution in [2.45, 2.75) is 24.4 Å². The molecular formula is C18H15FN6OS2. The van der Waals surface area contributed by atoms with Crippen LogP contribution in [-0.4, -0.2) is 29.4 Å². The molecule has 0 spiro atoms. The van der Waals surface area contributed by atoms with E-state index in [-0.39, 0.29) is 11.4 Å². The number of thioether (sulfide) groups is 1. The van der Waals surface area contributed by atoms with Gasteiger partial charge in [0.05, 0.1) is 5.75 Å². The molecule has 0 N–H and O–H groups in total. The number of hydrogen-bond donors (Lipinski definition) is 0. The Morgan fingerprint density at radius 2 is 2.07 bits per heavy atom. The van der Waals surface area contributed by atoms with E-state index in [1.54, 1.807) is 25.1 Å². The summed E-state index contributed by atoms with van der Waals surface area (Å²) in [6, 6.07) is 7.58. The van der Waals surface area contributed by atoms with Crippen molar-refractivity contribution in [1.82, 2.24) is 29.4 Å². The number of fused-ring (bicyclic) bond motifs is 1. The number of rotatable bonds is 6. The molecule has 4 rings (SSSR count). The van der Waals surface area contributed by atoms with Gasteiger partial charge in [-0.25, -0.2) is 9.37 Å². The zero-order valence-corrected chi connectivity index (χ0v) is 16.5. The quantitative estimate of drug-likeness (QED) is 0.356. The Kier molecular flexibility index (Phi) is 5.05. The standard InChI is InChI=1S/C18H15FN6OS2/c1-3-8-24-16(12-4-6-13(19)7-5-12)21-22-18(24)27-10-14-23-25-15(26)9-11(2)20-17(25)28-14/h3-7,9H,1,8,10H2,2H3. The van der Waals surface area contributed by atoms with Crippen molar-refractivity contribution in [2.24, 2.45) is 0 Å². The minimum Gasteiger partial charge on any atom is -0.298 e. The van der Waals surface area contributed by atoms with E-state index in [0.717, 1.165) is 10.6 Å². The minimum absolute atomic E-state index is 0.191. The second-order valence-electron chi connectivity index (χ2n) is 5.93. The van der Waals surface area contributed by atoms with Crippen molar-refractivity contribution in [2.75, 3.05) is 0 Å². The van der Waals surface area contributed by atoms with Crippen molar-refractivity contribution in [3.05, 3.63) is 69.9 Å². The summed E-state index contributed by atoms with van der Waals surface area (Å²) < 4.78 is 16.4. The molecule has 3 heterocycles. The second kappa shape index (κ2) is 7.64. The maximum absolute atomic E-state index is 13.2. The molecule has 1 aromatic carbocycles. The predicted molar refractivity (Wildman–Crippen MR) is 107 cm³/mol. The highest BCUT2D eigenvalue weighted by atomic mass is 32.2. The van der Waals surface area contributed by atoms with Gasteiger partial charge in [0.15, 0.2) is 11.0 Å². The lowest BCUT2D eigenvalue weighted by atomic mass is 10.2. The van der Waals surface area contributed by atoms with Gasteiger partial charge in [0, 0.05) is 23.9 Å². The maximum Gasteiger partial charge on any atom is 0.275 e. The Morgan fingerprint density at radius 3 is 2.82 bits per heavy atom. The zero-order valence-electron chi connectivity index (χ0n) is 14.9. The lowest BCUT2D eigenvalue weighted by Gasteiger charge is -2.07. The summed E-state index contributed by atoms with van der Waals surface area (Å²) in [5.74, 6) is 0.855. The van der Waals surface area contributed by atoms with Gasteiger partial charge >= 0.3 is 0 Å². The predicted octanol–water partition coefficient (Wildman–Crippen LogP) is 3.34. The van der Waals surface area contributed by atoms with Gasteiger partial charge < -0.3 is 0 Å². The molecule has 0 bridgehead atoms. The van der Waals surface area contributed by atoms with Crippen LogP contribution in [0, 0.1) is 12.7 Å². The fourth-order valence-corrected chi connectivity index (χ4v) is 4.52. The van der Waals surface area contributed by atoms with Gasteiger partial charge in [0.1, 0.15) is 10.8 Å². The smallest absolute Gasteiger partial charge is 0.275 e. The Morgan fingerprint density at radius 1 is 1.29 bits per heavy atom. The number of halogens is 1. The van der Waals surface area contributed by atoms with Crippen LogP contribution < -0.4 is 5.56 Å². The number of benzene rings is 1. The number of aryl methyl sites for hydroxylation is 1. The number of allylic oxidation sites excluding steroid dienone is 1. The van der Waals surface area contributed by atoms with Gasteiger partial charge in [0.25, 0.3) is 5.56 Å². The van der Waals surface area contributed by atoms with Crippen molar-refractivity contribution >= 4 is 28.1 Å². The highest BCUT2D eigenvalue weighted by Gasteiger charge is 2.15. The van der Waals surface area contributed by atoms with Gasteiger partial charge in [0.2, 0.25) is 4.96 Å². The first-order valence-electron chi connectivity index (χ1n) is 8.34. The van der Waals surface area contributed by atoms with E-state index in [4.69, 9.17) is 0 Å². The fourth-order valence-electron chi connectivity index (χ4n) is 2.65. The Hall–Kier alpha value is -2.85. The molecule has 7 nitrogen and oxygen atoms in total. The van der Waals surface area contributed by atoms with Crippen LogP contribution >= 0.6 is 23.1 Å². The summed E-state index contributed by atoms with van der Waals surface area (Å²) in [4.78, 5) is 16.9. The summed E-state index contributed by atoms with van der Waals surface area (Å²) in [5.41, 5.74) is 1.25. The Labute approximate surface area is 167 Å². The molecule has 0 saturated heterocycles. The minimum atomic E-state index is -0.303. The van der Waals surface area contributed by atoms with Crippen molar-refractivity contribution in [3.8, 4) is 11.4 Å². The van der Waals surface area contributed by atoms with Gasteiger partial charge in [-0.3, -0.25) is 9.36 Å². The molecule has 0 aliphatic rings. The monoisotopic (exact) mass is 414 g/mol. The molecule has 0 radical (unpaired) electrons. The lowest BCUT2D eigenvalue weighted by molar-refractivity contribution is 0.628. The van der Waals surface area contributed by atoms with Crippen LogP contribution in [0.4, 0.5) is 4.39 Å². The van der Waals surface area contributed by atoms with E-state index in [1.807, 2.05) is 4.57 Å². The Bertz CT molecular complexity index is 1210. The Balaban J connectivity index is 1.61. The first kappa shape index (κ1) is 18.5. The third kappa shape index (κ3) is 3.60. The van der Waals surface area contributed by atoms with Gasteiger partial charge in [-0.05, 0) is 31.2 Å². The number of hydrogen-bond acceptors (Lipinski definition) is 7. The molecule has 0 atom stereocenters. The third-order valence-corrected chi connectivity index (χ3v) is 5.94. The molecular weight excluding hydrogens is 399 g/mol. The highest BCUT2D eigenvalue weighted by Crippen LogP contribution is 2.27. The van der Waals surface area contributed by atoms with Crippen molar-refractivity contribution in [3.63, 3.8) is 0 Å². The van der Waals surface area contributed by atoms with E-state index >= 15 is 0 Å². The molecule has 0 fully saturated rings. The number of aromatic nitrogens is 6. The molecule has 0 unspecified atom stereocenters. The summed E-state index contributed by atoms with van der Waals surface area (Å²) in [7, 11) is 0. The average Bonchev–Trinajstić information content (AvgIpc) is 3.25. The zero-order chi connectivity index (χ0) is 19.7. The molecule has 0 saturated carbocycles. The summed E-state index contributed by atoms with van der Waals surface area (Å²) in [5, 5.41) is 14.3. The molecule has 0 aliphatic heterocycles. The molecule has 4 aromatic rings. The van der Waals surface area contributed by atoms with Crippen LogP contribution in [0.3, 0.4) is 0 Å². The normalized spacial score (nSPS) is 11.2. The van der Waals surface area contributed by atoms with Crippen LogP contribution in [-0.2, 0) is 12.3 Å². The summed E-state index contributed by atoms with van der Waals surface area (Å²) >= 11 is 2.83. The van der Waals surface area contributed by atoms with Crippen molar-refractivity contribution in [1.29, 1.82) is 0 Å². The number of nitrogens with zero attached hydrogens (tertiary/aromatic N) is 6. The molecule has 142 valence electrons. The van der Waals surface area contributed by atoms with Crippen LogP contribution in [0.2, 0.25) is 0 Å². The van der Waals surface area contributed by atoms with E-state index in [1.165, 1.54) is 45.8 Å². The maximum atomic E-state index is 13.2. The largest absolute Gasteiger partial charge is 0.298 e. The molecule has 3 aromatic heterocycles. The molecule has 0 aliphatic carbocycles. The second-order valence-corrected chi connectivity index (χ2v) is 7.91. The SMILES string of the molecule is C=CCn1c(SCc2nn3c(=O)cc(C)nc3s2)nnc1-c1ccc(F)cc1. The first-order valence-corrected chi connectivity index (χ1v) is 10.1. The van der Waals surface area contributed by atoms with Crippen LogP contribution in [0.15, 0.2) is 52.9 Å². The topological polar surface area (TPSA) is 78.0 Å². The van der Waals surface area contributed by atoms with Crippen molar-refractivity contribution < 1.29 is 4.39 Å². The van der Waals surface area contributed by atoms with E-state index < -0.39 is 0 Å². The average molecular weight is 414 g/mol. The molecule has 0 amide bonds. The summed E-state index contributed by atoms with van der Waals surface area (Å²) in [6.07, 6.45) is 1.75. The van der Waals surface area contributed by atoms with Crippen LogP contribution in [0.5, 0.6) is 0 Å². The van der Waals surface area contributed by atoms with Crippen LogP contribution in [0.25, 0.3) is 16.3 Å². The molecule has 28 heavy (non-hydrogen) atoms. The highest BCUT2D eigenvalue weighted by molar-refractivity contribution is 7.98. The van der Waals surface area contributed by atoms with E-state index in [2.05, 4.69) is 26.9 Å².